The lowest BCUT2D eigenvalue weighted by atomic mass is 10.2. The Balaban J connectivity index is 2.03. The summed E-state index contributed by atoms with van der Waals surface area (Å²) in [5.41, 5.74) is 0.512. The number of ether oxygens (including phenoxy) is 1. The summed E-state index contributed by atoms with van der Waals surface area (Å²) in [6.07, 6.45) is -0.236. The highest BCUT2D eigenvalue weighted by atomic mass is 79.9. The molecule has 0 N–H and O–H groups in total. The number of pyridine rings is 1. The zero-order valence-corrected chi connectivity index (χ0v) is 15.5. The first-order valence-corrected chi connectivity index (χ1v) is 8.34. The van der Waals surface area contributed by atoms with Crippen LogP contribution in [0.1, 0.15) is 33.4 Å². The molecule has 1 fully saturated rings. The van der Waals surface area contributed by atoms with Crippen molar-refractivity contribution < 1.29 is 9.53 Å². The fourth-order valence-electron chi connectivity index (χ4n) is 2.46. The van der Waals surface area contributed by atoms with Crippen LogP contribution in [0.25, 0.3) is 0 Å². The summed E-state index contributed by atoms with van der Waals surface area (Å²) in [4.78, 5) is 20.8. The third kappa shape index (κ3) is 4.12. The molecule has 22 heavy (non-hydrogen) atoms. The normalized spacial score (nSPS) is 19.3. The number of piperazine rings is 1. The molecule has 1 saturated heterocycles. The van der Waals surface area contributed by atoms with Gasteiger partial charge in [-0.25, -0.2) is 9.78 Å². The highest BCUT2D eigenvalue weighted by Crippen LogP contribution is 2.22. The number of halogens is 1. The lowest BCUT2D eigenvalue weighted by Crippen LogP contribution is -2.55. The molecule has 0 saturated carbocycles. The van der Waals surface area contributed by atoms with E-state index >= 15 is 0 Å². The molecule has 2 heterocycles. The highest BCUT2D eigenvalue weighted by molar-refractivity contribution is 9.10. The van der Waals surface area contributed by atoms with E-state index in [9.17, 15) is 4.79 Å². The average molecular weight is 370 g/mol. The van der Waals surface area contributed by atoms with Crippen LogP contribution >= 0.6 is 15.9 Å². The highest BCUT2D eigenvalue weighted by Gasteiger charge is 2.31. The van der Waals surface area contributed by atoms with Crippen LogP contribution in [0, 0.1) is 6.92 Å². The minimum Gasteiger partial charge on any atom is -0.444 e. The number of nitrogens with zero attached hydrogens (tertiary/aromatic N) is 3. The molecule has 1 aliphatic heterocycles. The Labute approximate surface area is 140 Å². The molecule has 0 spiro atoms. The number of hydrogen-bond donors (Lipinski definition) is 0. The standard InChI is InChI=1S/C16H24BrN3O2/c1-11-10-19(14-7-6-13(17)12(2)18-14)8-9-20(11)15(21)22-16(3,4)5/h6-7,11H,8-10H2,1-5H3/t11-/m1/s1. The molecule has 0 aromatic carbocycles. The number of aryl methyl sites for hydroxylation is 1. The van der Waals surface area contributed by atoms with Crippen LogP contribution in [-0.2, 0) is 4.74 Å². The smallest absolute Gasteiger partial charge is 0.410 e. The predicted molar refractivity (Wildman–Crippen MR) is 91.3 cm³/mol. The minimum atomic E-state index is -0.460. The summed E-state index contributed by atoms with van der Waals surface area (Å²) >= 11 is 3.47. The van der Waals surface area contributed by atoms with Gasteiger partial charge in [-0.05, 0) is 62.7 Å². The summed E-state index contributed by atoms with van der Waals surface area (Å²) in [6, 6.07) is 4.12. The van der Waals surface area contributed by atoms with Crippen molar-refractivity contribution >= 4 is 27.8 Å². The van der Waals surface area contributed by atoms with Crippen molar-refractivity contribution in [3.63, 3.8) is 0 Å². The van der Waals surface area contributed by atoms with Crippen LogP contribution in [0.15, 0.2) is 16.6 Å². The van der Waals surface area contributed by atoms with Crippen molar-refractivity contribution in [3.8, 4) is 0 Å². The third-order valence-corrected chi connectivity index (χ3v) is 4.42. The first kappa shape index (κ1) is 17.1. The second-order valence-electron chi connectivity index (χ2n) is 6.71. The Morgan fingerprint density at radius 3 is 2.59 bits per heavy atom. The summed E-state index contributed by atoms with van der Waals surface area (Å²) in [7, 11) is 0. The number of carbonyl (C=O) groups is 1. The number of amides is 1. The van der Waals surface area contributed by atoms with Gasteiger partial charge in [0.2, 0.25) is 0 Å². The monoisotopic (exact) mass is 369 g/mol. The molecule has 0 unspecified atom stereocenters. The fourth-order valence-corrected chi connectivity index (χ4v) is 2.69. The molecule has 0 bridgehead atoms. The van der Waals surface area contributed by atoms with E-state index in [2.05, 4.69) is 25.8 Å². The summed E-state index contributed by atoms with van der Waals surface area (Å²) < 4.78 is 6.48. The number of hydrogen-bond acceptors (Lipinski definition) is 4. The van der Waals surface area contributed by atoms with Crippen molar-refractivity contribution in [2.75, 3.05) is 24.5 Å². The maximum atomic E-state index is 12.2. The van der Waals surface area contributed by atoms with Gasteiger partial charge in [0.15, 0.2) is 0 Å². The number of rotatable bonds is 1. The Morgan fingerprint density at radius 2 is 2.05 bits per heavy atom. The van der Waals surface area contributed by atoms with Gasteiger partial charge in [-0.3, -0.25) is 0 Å². The second-order valence-corrected chi connectivity index (χ2v) is 7.56. The van der Waals surface area contributed by atoms with E-state index in [1.165, 1.54) is 0 Å². The van der Waals surface area contributed by atoms with Gasteiger partial charge >= 0.3 is 6.09 Å². The van der Waals surface area contributed by atoms with Crippen molar-refractivity contribution in [2.45, 2.75) is 46.3 Å². The average Bonchev–Trinajstić information content (AvgIpc) is 2.39. The van der Waals surface area contributed by atoms with Gasteiger partial charge in [-0.1, -0.05) is 0 Å². The molecule has 1 amide bonds. The number of aromatic nitrogens is 1. The van der Waals surface area contributed by atoms with Gasteiger partial charge in [-0.2, -0.15) is 0 Å². The molecule has 122 valence electrons. The Morgan fingerprint density at radius 1 is 1.36 bits per heavy atom. The Kier molecular flexibility index (Phi) is 5.00. The van der Waals surface area contributed by atoms with E-state index in [1.807, 2.05) is 46.8 Å². The van der Waals surface area contributed by atoms with Gasteiger partial charge in [0.1, 0.15) is 11.4 Å². The lowest BCUT2D eigenvalue weighted by molar-refractivity contribution is 0.0158. The zero-order chi connectivity index (χ0) is 16.5. The quantitative estimate of drug-likeness (QED) is 0.758. The van der Waals surface area contributed by atoms with Crippen molar-refractivity contribution in [2.24, 2.45) is 0 Å². The molecule has 1 atom stereocenters. The second kappa shape index (κ2) is 6.44. The molecule has 0 radical (unpaired) electrons. The number of anilines is 1. The van der Waals surface area contributed by atoms with Gasteiger partial charge in [0.05, 0.1) is 5.69 Å². The predicted octanol–water partition coefficient (Wildman–Crippen LogP) is 3.60. The van der Waals surface area contributed by atoms with E-state index in [0.717, 1.165) is 29.1 Å². The molecule has 6 heteroatoms. The van der Waals surface area contributed by atoms with Gasteiger partial charge in [0.25, 0.3) is 0 Å². The van der Waals surface area contributed by atoms with Crippen LogP contribution in [-0.4, -0.2) is 47.3 Å². The van der Waals surface area contributed by atoms with E-state index in [-0.39, 0.29) is 12.1 Å². The van der Waals surface area contributed by atoms with Crippen LogP contribution in [0.2, 0.25) is 0 Å². The van der Waals surface area contributed by atoms with Crippen molar-refractivity contribution in [1.82, 2.24) is 9.88 Å². The molecule has 1 aliphatic rings. The molecule has 1 aromatic rings. The topological polar surface area (TPSA) is 45.7 Å². The summed E-state index contributed by atoms with van der Waals surface area (Å²) in [6.45, 7) is 11.9. The molecular formula is C16H24BrN3O2. The summed E-state index contributed by atoms with van der Waals surface area (Å²) in [5, 5.41) is 0. The van der Waals surface area contributed by atoms with Gasteiger partial charge in [0, 0.05) is 30.1 Å². The fraction of sp³-hybridized carbons (Fsp3) is 0.625. The van der Waals surface area contributed by atoms with Crippen molar-refractivity contribution in [1.29, 1.82) is 0 Å². The first-order chi connectivity index (χ1) is 10.2. The molecule has 5 nitrogen and oxygen atoms in total. The van der Waals surface area contributed by atoms with Crippen LogP contribution in [0.3, 0.4) is 0 Å². The first-order valence-electron chi connectivity index (χ1n) is 7.55. The SMILES string of the molecule is Cc1nc(N2CCN(C(=O)OC(C)(C)C)[C@H](C)C2)ccc1Br. The lowest BCUT2D eigenvalue weighted by Gasteiger charge is -2.40. The molecular weight excluding hydrogens is 346 g/mol. The Bertz CT molecular complexity index is 557. The van der Waals surface area contributed by atoms with Gasteiger partial charge in [-0.15, -0.1) is 0 Å². The third-order valence-electron chi connectivity index (χ3n) is 3.59. The molecule has 2 rings (SSSR count). The molecule has 1 aromatic heterocycles. The number of carbonyl (C=O) groups excluding carboxylic acids is 1. The maximum absolute atomic E-state index is 12.2. The van der Waals surface area contributed by atoms with Crippen molar-refractivity contribution in [3.05, 3.63) is 22.3 Å². The maximum Gasteiger partial charge on any atom is 0.410 e. The zero-order valence-electron chi connectivity index (χ0n) is 13.9. The van der Waals surface area contributed by atoms with Crippen LogP contribution < -0.4 is 4.90 Å². The van der Waals surface area contributed by atoms with Gasteiger partial charge < -0.3 is 14.5 Å². The van der Waals surface area contributed by atoms with E-state index in [0.29, 0.717) is 6.54 Å². The Hall–Kier alpha value is -1.30. The van der Waals surface area contributed by atoms with E-state index in [1.54, 1.807) is 4.90 Å². The van der Waals surface area contributed by atoms with E-state index < -0.39 is 5.60 Å². The minimum absolute atomic E-state index is 0.0920. The van der Waals surface area contributed by atoms with Crippen LogP contribution in [0.4, 0.5) is 10.6 Å². The van der Waals surface area contributed by atoms with E-state index in [4.69, 9.17) is 4.74 Å². The molecule has 0 aliphatic carbocycles. The summed E-state index contributed by atoms with van der Waals surface area (Å²) in [5.74, 6) is 0.955. The largest absolute Gasteiger partial charge is 0.444 e. The van der Waals surface area contributed by atoms with Crippen LogP contribution in [0.5, 0.6) is 0 Å².